The summed E-state index contributed by atoms with van der Waals surface area (Å²) in [5, 5.41) is 29.7. The first kappa shape index (κ1) is 41.0. The van der Waals surface area contributed by atoms with Gasteiger partial charge in [-0.1, -0.05) is 109 Å². The molecule has 0 unspecified atom stereocenters. The van der Waals surface area contributed by atoms with Gasteiger partial charge >= 0.3 is 0 Å². The maximum Gasteiger partial charge on any atom is 0.251 e. The number of carbonyl (C=O) groups excluding carboxylic acids is 2. The van der Waals surface area contributed by atoms with Gasteiger partial charge in [0.2, 0.25) is 0 Å². The first-order valence-electron chi connectivity index (χ1n) is 19.3. The zero-order valence-electron chi connectivity index (χ0n) is 32.1. The maximum atomic E-state index is 13.8. The zero-order chi connectivity index (χ0) is 40.4. The fourth-order valence-electron chi connectivity index (χ4n) is 6.36. The normalized spacial score (nSPS) is 12.9. The Morgan fingerprint density at radius 1 is 0.414 bits per heavy atom. The van der Waals surface area contributed by atoms with Crippen molar-refractivity contribution in [3.63, 3.8) is 0 Å². The fraction of sp³-hybridized carbons (Fsp3) is 0.208. The van der Waals surface area contributed by atoms with Crippen molar-refractivity contribution in [2.75, 3.05) is 26.4 Å². The summed E-state index contributed by atoms with van der Waals surface area (Å²) in [4.78, 5) is 27.6. The highest BCUT2D eigenvalue weighted by Gasteiger charge is 2.35. The third kappa shape index (κ3) is 12.7. The second-order valence-electron chi connectivity index (χ2n) is 13.6. The van der Waals surface area contributed by atoms with Crippen molar-refractivity contribution in [2.24, 2.45) is 0 Å². The van der Waals surface area contributed by atoms with E-state index in [0.29, 0.717) is 35.8 Å². The standard InChI is InChI=1S/C48H48N2O8/c51-45(43(31-35-15-5-1-6-16-35)49-47(53)37-19-13-25-41(33-37)57-29-27-55-39-21-9-3-10-22-39)46(52)44(32-36-17-7-2-8-18-36)50-48(54)38-20-14-26-42(34-38)58-30-28-56-40-23-11-4-12-24-40/h1-26,33-34,43-46,51-52H,27-32H2,(H,49,53)(H,50,54)/t43-,44+,45-,46+. The summed E-state index contributed by atoms with van der Waals surface area (Å²) in [5.74, 6) is 1.49. The van der Waals surface area contributed by atoms with Crippen LogP contribution in [0, 0.1) is 0 Å². The van der Waals surface area contributed by atoms with E-state index in [1.54, 1.807) is 48.5 Å². The van der Waals surface area contributed by atoms with Gasteiger partial charge in [0.15, 0.2) is 0 Å². The molecule has 0 saturated carbocycles. The molecule has 10 heteroatoms. The van der Waals surface area contributed by atoms with Crippen LogP contribution in [0.25, 0.3) is 0 Å². The number of hydrogen-bond donors (Lipinski definition) is 4. The lowest BCUT2D eigenvalue weighted by molar-refractivity contribution is -0.0219. The van der Waals surface area contributed by atoms with Crippen LogP contribution < -0.4 is 29.6 Å². The molecule has 0 heterocycles. The minimum atomic E-state index is -1.49. The molecule has 0 fully saturated rings. The molecule has 4 atom stereocenters. The van der Waals surface area contributed by atoms with Crippen LogP contribution in [0.2, 0.25) is 0 Å². The molecule has 0 aliphatic heterocycles. The van der Waals surface area contributed by atoms with E-state index in [4.69, 9.17) is 18.9 Å². The van der Waals surface area contributed by atoms with E-state index in [1.807, 2.05) is 121 Å². The highest BCUT2D eigenvalue weighted by molar-refractivity contribution is 5.95. The van der Waals surface area contributed by atoms with Crippen LogP contribution in [0.3, 0.4) is 0 Å². The number of carbonyl (C=O) groups is 2. The van der Waals surface area contributed by atoms with Gasteiger partial charge in [-0.2, -0.15) is 0 Å². The number of amides is 2. The van der Waals surface area contributed by atoms with Crippen LogP contribution in [0.5, 0.6) is 23.0 Å². The molecule has 0 saturated heterocycles. The van der Waals surface area contributed by atoms with Crippen molar-refractivity contribution in [3.05, 3.63) is 192 Å². The van der Waals surface area contributed by atoms with Crippen molar-refractivity contribution in [1.82, 2.24) is 10.6 Å². The summed E-state index contributed by atoms with van der Waals surface area (Å²) in [7, 11) is 0. The molecule has 0 aliphatic rings. The average Bonchev–Trinajstić information content (AvgIpc) is 3.27. The molecule has 0 aromatic heterocycles. The second-order valence-corrected chi connectivity index (χ2v) is 13.6. The largest absolute Gasteiger partial charge is 0.490 e. The van der Waals surface area contributed by atoms with Crippen molar-refractivity contribution < 1.29 is 38.7 Å². The van der Waals surface area contributed by atoms with Crippen LogP contribution in [0.15, 0.2) is 170 Å². The van der Waals surface area contributed by atoms with Gasteiger partial charge in [-0.3, -0.25) is 9.59 Å². The molecule has 6 aromatic rings. The van der Waals surface area contributed by atoms with Gasteiger partial charge < -0.3 is 39.8 Å². The van der Waals surface area contributed by atoms with Crippen molar-refractivity contribution in [2.45, 2.75) is 37.1 Å². The molecule has 10 nitrogen and oxygen atoms in total. The summed E-state index contributed by atoms with van der Waals surface area (Å²) in [5.41, 5.74) is 2.29. The molecule has 0 bridgehead atoms. The summed E-state index contributed by atoms with van der Waals surface area (Å²) in [6.07, 6.45) is -2.58. The van der Waals surface area contributed by atoms with Crippen molar-refractivity contribution in [1.29, 1.82) is 0 Å². The summed E-state index contributed by atoms with van der Waals surface area (Å²) in [6.45, 7) is 1.15. The Hall–Kier alpha value is -6.62. The summed E-state index contributed by atoms with van der Waals surface area (Å²) >= 11 is 0. The molecule has 6 aromatic carbocycles. The molecular formula is C48H48N2O8. The predicted octanol–water partition coefficient (Wildman–Crippen LogP) is 6.71. The lowest BCUT2D eigenvalue weighted by Gasteiger charge is -2.33. The van der Waals surface area contributed by atoms with Gasteiger partial charge in [0, 0.05) is 11.1 Å². The molecule has 4 N–H and O–H groups in total. The van der Waals surface area contributed by atoms with Crippen molar-refractivity contribution >= 4 is 11.8 Å². The topological polar surface area (TPSA) is 136 Å². The Morgan fingerprint density at radius 3 is 1.09 bits per heavy atom. The first-order valence-corrected chi connectivity index (χ1v) is 19.3. The highest BCUT2D eigenvalue weighted by Crippen LogP contribution is 2.20. The SMILES string of the molecule is O=C(N[C@@H](Cc1ccccc1)[C@H](O)[C@H](O)[C@@H](Cc1ccccc1)NC(=O)c1cccc(OCCOc2ccccc2)c1)c1cccc(OCCOc2ccccc2)c1. The molecule has 0 aliphatic carbocycles. The Morgan fingerprint density at radius 2 is 0.724 bits per heavy atom. The number of para-hydroxylation sites is 2. The van der Waals surface area contributed by atoms with Crippen LogP contribution in [-0.4, -0.2) is 72.7 Å². The molecule has 58 heavy (non-hydrogen) atoms. The lowest BCUT2D eigenvalue weighted by Crippen LogP contribution is -2.57. The highest BCUT2D eigenvalue weighted by atomic mass is 16.5. The Kier molecular flexibility index (Phi) is 15.3. The molecular weight excluding hydrogens is 733 g/mol. The van der Waals surface area contributed by atoms with Gasteiger partial charge in [0.25, 0.3) is 11.8 Å². The molecule has 0 spiro atoms. The number of rotatable bonds is 21. The minimum Gasteiger partial charge on any atom is -0.490 e. The van der Waals surface area contributed by atoms with Crippen molar-refractivity contribution in [3.8, 4) is 23.0 Å². The monoisotopic (exact) mass is 780 g/mol. The number of ether oxygens (including phenoxy) is 4. The number of aliphatic hydroxyl groups is 2. The van der Waals surface area contributed by atoms with Crippen LogP contribution in [0.1, 0.15) is 31.8 Å². The first-order chi connectivity index (χ1) is 28.4. The molecule has 2 amide bonds. The van der Waals surface area contributed by atoms with Crippen LogP contribution in [-0.2, 0) is 12.8 Å². The zero-order valence-corrected chi connectivity index (χ0v) is 32.1. The number of aliphatic hydroxyl groups excluding tert-OH is 2. The number of benzene rings is 6. The van der Waals surface area contributed by atoms with E-state index in [9.17, 15) is 19.8 Å². The molecule has 6 rings (SSSR count). The molecule has 298 valence electrons. The van der Waals surface area contributed by atoms with Crippen LogP contribution in [0.4, 0.5) is 0 Å². The smallest absolute Gasteiger partial charge is 0.251 e. The van der Waals surface area contributed by atoms with Gasteiger partial charge in [-0.15, -0.1) is 0 Å². The number of hydrogen-bond acceptors (Lipinski definition) is 8. The Bertz CT molecular complexity index is 1980. The van der Waals surface area contributed by atoms with E-state index in [0.717, 1.165) is 22.6 Å². The maximum absolute atomic E-state index is 13.8. The van der Waals surface area contributed by atoms with Gasteiger partial charge in [0.05, 0.1) is 12.1 Å². The van der Waals surface area contributed by atoms with Gasteiger partial charge in [-0.25, -0.2) is 0 Å². The third-order valence-electron chi connectivity index (χ3n) is 9.32. The van der Waals surface area contributed by atoms with E-state index in [-0.39, 0.29) is 26.1 Å². The number of nitrogens with one attached hydrogen (secondary N) is 2. The van der Waals surface area contributed by atoms with Gasteiger partial charge in [-0.05, 0) is 84.6 Å². The van der Waals surface area contributed by atoms with Crippen LogP contribution >= 0.6 is 0 Å². The molecule has 0 radical (unpaired) electrons. The fourth-order valence-corrected chi connectivity index (χ4v) is 6.36. The predicted molar refractivity (Wildman–Crippen MR) is 223 cm³/mol. The van der Waals surface area contributed by atoms with E-state index < -0.39 is 36.1 Å². The van der Waals surface area contributed by atoms with E-state index >= 15 is 0 Å². The quantitative estimate of drug-likeness (QED) is 0.0593. The Balaban J connectivity index is 1.14. The van der Waals surface area contributed by atoms with Gasteiger partial charge in [0.1, 0.15) is 61.6 Å². The summed E-state index contributed by atoms with van der Waals surface area (Å²) < 4.78 is 23.2. The third-order valence-corrected chi connectivity index (χ3v) is 9.32. The van der Waals surface area contributed by atoms with E-state index in [2.05, 4.69) is 10.6 Å². The second kappa shape index (κ2) is 21.6. The van der Waals surface area contributed by atoms with E-state index in [1.165, 1.54) is 0 Å². The average molecular weight is 781 g/mol. The lowest BCUT2D eigenvalue weighted by atomic mass is 9.90. The Labute approximate surface area is 339 Å². The minimum absolute atomic E-state index is 0.206. The summed E-state index contributed by atoms with van der Waals surface area (Å²) in [6, 6.07) is 49.2.